The maximum Gasteiger partial charge on any atom is 0.123 e. The second-order valence-electron chi connectivity index (χ2n) is 4.08. The highest BCUT2D eigenvalue weighted by atomic mass is 79.9. The Bertz CT molecular complexity index is 498. The van der Waals surface area contributed by atoms with Crippen LogP contribution in [0.2, 0.25) is 0 Å². The molecule has 1 aromatic heterocycles. The van der Waals surface area contributed by atoms with E-state index in [2.05, 4.69) is 35.0 Å². The van der Waals surface area contributed by atoms with Crippen molar-refractivity contribution in [1.29, 1.82) is 0 Å². The zero-order valence-corrected chi connectivity index (χ0v) is 12.2. The summed E-state index contributed by atoms with van der Waals surface area (Å²) in [7, 11) is 0. The second-order valence-corrected chi connectivity index (χ2v) is 6.20. The molecule has 0 fully saturated rings. The van der Waals surface area contributed by atoms with E-state index in [-0.39, 0.29) is 10.6 Å². The smallest absolute Gasteiger partial charge is 0.123 e. The summed E-state index contributed by atoms with van der Waals surface area (Å²) >= 11 is 5.43. The third kappa shape index (κ3) is 2.96. The van der Waals surface area contributed by atoms with Crippen molar-refractivity contribution in [2.75, 3.05) is 0 Å². The number of thiophene rings is 1. The van der Waals surface area contributed by atoms with E-state index in [9.17, 15) is 4.39 Å². The molecule has 0 aliphatic carbocycles. The van der Waals surface area contributed by atoms with Crippen molar-refractivity contribution in [1.82, 2.24) is 0 Å². The van der Waals surface area contributed by atoms with Gasteiger partial charge in [-0.3, -0.25) is 0 Å². The number of halogens is 2. The van der Waals surface area contributed by atoms with Gasteiger partial charge < -0.3 is 0 Å². The predicted octanol–water partition coefficient (Wildman–Crippen LogP) is 5.24. The molecule has 1 atom stereocenters. The summed E-state index contributed by atoms with van der Waals surface area (Å²) in [6, 6.07) is 9.42. The molecule has 0 spiro atoms. The molecule has 0 amide bonds. The molecular weight excluding hydrogens is 299 g/mol. The molecule has 0 N–H and O–H groups in total. The third-order valence-electron chi connectivity index (χ3n) is 2.64. The Balaban J connectivity index is 2.32. The predicted molar refractivity (Wildman–Crippen MR) is 75.6 cm³/mol. The van der Waals surface area contributed by atoms with Gasteiger partial charge in [-0.2, -0.15) is 0 Å². The van der Waals surface area contributed by atoms with Crippen molar-refractivity contribution in [3.05, 3.63) is 57.0 Å². The summed E-state index contributed by atoms with van der Waals surface area (Å²) in [5, 5.41) is 0. The van der Waals surface area contributed by atoms with Gasteiger partial charge in [-0.25, -0.2) is 4.39 Å². The monoisotopic (exact) mass is 312 g/mol. The first kappa shape index (κ1) is 12.8. The van der Waals surface area contributed by atoms with Crippen LogP contribution in [0.25, 0.3) is 0 Å². The first-order valence-corrected chi connectivity index (χ1v) is 7.33. The highest BCUT2D eigenvalue weighted by Crippen LogP contribution is 2.36. The lowest BCUT2D eigenvalue weighted by atomic mass is 10.1. The van der Waals surface area contributed by atoms with Crippen LogP contribution in [-0.2, 0) is 6.42 Å². The Morgan fingerprint density at radius 3 is 2.65 bits per heavy atom. The Hall–Kier alpha value is -0.670. The minimum Gasteiger partial charge on any atom is -0.207 e. The standard InChI is InChI=1S/C14H14BrFS/c1-3-12-4-5-13(17-12)14(15)10-6-9(2)7-11(16)8-10/h4-8,14H,3H2,1-2H3. The van der Waals surface area contributed by atoms with Crippen LogP contribution in [0.1, 0.15) is 32.6 Å². The van der Waals surface area contributed by atoms with Crippen molar-refractivity contribution >= 4 is 27.3 Å². The SMILES string of the molecule is CCc1ccc(C(Br)c2cc(C)cc(F)c2)s1. The quantitative estimate of drug-likeness (QED) is 0.680. The topological polar surface area (TPSA) is 0 Å². The van der Waals surface area contributed by atoms with Crippen molar-refractivity contribution in [2.24, 2.45) is 0 Å². The molecule has 0 nitrogen and oxygen atoms in total. The zero-order valence-electron chi connectivity index (χ0n) is 9.84. The van der Waals surface area contributed by atoms with Crippen LogP contribution in [-0.4, -0.2) is 0 Å². The van der Waals surface area contributed by atoms with Crippen molar-refractivity contribution in [3.63, 3.8) is 0 Å². The third-order valence-corrected chi connectivity index (χ3v) is 5.26. The number of alkyl halides is 1. The van der Waals surface area contributed by atoms with Crippen molar-refractivity contribution < 1.29 is 4.39 Å². The Labute approximate surface area is 114 Å². The summed E-state index contributed by atoms with van der Waals surface area (Å²) in [5.41, 5.74) is 1.93. The molecule has 0 saturated carbocycles. The molecule has 0 aliphatic rings. The summed E-state index contributed by atoms with van der Waals surface area (Å²) in [5.74, 6) is -0.170. The lowest BCUT2D eigenvalue weighted by molar-refractivity contribution is 0.624. The molecular formula is C14H14BrFS. The highest BCUT2D eigenvalue weighted by molar-refractivity contribution is 9.09. The number of benzene rings is 1. The van der Waals surface area contributed by atoms with Crippen LogP contribution >= 0.6 is 27.3 Å². The molecule has 0 radical (unpaired) electrons. The Morgan fingerprint density at radius 2 is 2.06 bits per heavy atom. The van der Waals surface area contributed by atoms with E-state index in [0.717, 1.165) is 17.5 Å². The lowest BCUT2D eigenvalue weighted by Crippen LogP contribution is -1.92. The molecule has 0 saturated heterocycles. The molecule has 3 heteroatoms. The maximum atomic E-state index is 13.4. The van der Waals surface area contributed by atoms with Gasteiger partial charge in [0, 0.05) is 9.75 Å². The van der Waals surface area contributed by atoms with E-state index in [1.54, 1.807) is 23.5 Å². The number of rotatable bonds is 3. The zero-order chi connectivity index (χ0) is 12.4. The first-order chi connectivity index (χ1) is 8.10. The van der Waals surface area contributed by atoms with Gasteiger partial charge in [-0.05, 0) is 48.7 Å². The van der Waals surface area contributed by atoms with Crippen LogP contribution < -0.4 is 0 Å². The van der Waals surface area contributed by atoms with E-state index in [4.69, 9.17) is 0 Å². The minimum atomic E-state index is -0.170. The lowest BCUT2D eigenvalue weighted by Gasteiger charge is -2.09. The molecule has 2 aromatic rings. The average molecular weight is 313 g/mol. The first-order valence-electron chi connectivity index (χ1n) is 5.60. The van der Waals surface area contributed by atoms with Crippen LogP contribution in [0.3, 0.4) is 0 Å². The van der Waals surface area contributed by atoms with Gasteiger partial charge in [0.2, 0.25) is 0 Å². The van der Waals surface area contributed by atoms with Gasteiger partial charge in [-0.15, -0.1) is 11.3 Å². The van der Waals surface area contributed by atoms with Crippen LogP contribution in [0.4, 0.5) is 4.39 Å². The van der Waals surface area contributed by atoms with Crippen molar-refractivity contribution in [2.45, 2.75) is 25.1 Å². The summed E-state index contributed by atoms with van der Waals surface area (Å²) in [6.45, 7) is 4.06. The highest BCUT2D eigenvalue weighted by Gasteiger charge is 2.13. The van der Waals surface area contributed by atoms with Gasteiger partial charge in [0.25, 0.3) is 0 Å². The minimum absolute atomic E-state index is 0.0854. The van der Waals surface area contributed by atoms with Crippen LogP contribution in [0, 0.1) is 12.7 Å². The number of hydrogen-bond donors (Lipinski definition) is 0. The van der Waals surface area contributed by atoms with E-state index < -0.39 is 0 Å². The fraction of sp³-hybridized carbons (Fsp3) is 0.286. The normalized spacial score (nSPS) is 12.7. The van der Waals surface area contributed by atoms with Crippen LogP contribution in [0.5, 0.6) is 0 Å². The Kier molecular flexibility index (Phi) is 4.00. The molecule has 2 rings (SSSR count). The average Bonchev–Trinajstić information content (AvgIpc) is 2.75. The van der Waals surface area contributed by atoms with Gasteiger partial charge >= 0.3 is 0 Å². The van der Waals surface area contributed by atoms with Gasteiger partial charge in [-0.1, -0.05) is 28.9 Å². The van der Waals surface area contributed by atoms with E-state index in [1.165, 1.54) is 9.75 Å². The van der Waals surface area contributed by atoms with Gasteiger partial charge in [0.15, 0.2) is 0 Å². The largest absolute Gasteiger partial charge is 0.207 e. The summed E-state index contributed by atoms with van der Waals surface area (Å²) < 4.78 is 13.4. The molecule has 0 bridgehead atoms. The molecule has 17 heavy (non-hydrogen) atoms. The van der Waals surface area contributed by atoms with Gasteiger partial charge in [0.05, 0.1) is 4.83 Å². The van der Waals surface area contributed by atoms with Crippen LogP contribution in [0.15, 0.2) is 30.3 Å². The maximum absolute atomic E-state index is 13.4. The molecule has 1 heterocycles. The van der Waals surface area contributed by atoms with E-state index in [1.807, 2.05) is 13.0 Å². The molecule has 1 unspecified atom stereocenters. The summed E-state index contributed by atoms with van der Waals surface area (Å²) in [4.78, 5) is 2.67. The summed E-state index contributed by atoms with van der Waals surface area (Å²) in [6.07, 6.45) is 1.05. The van der Waals surface area contributed by atoms with E-state index >= 15 is 0 Å². The molecule has 1 aromatic carbocycles. The molecule has 90 valence electrons. The van der Waals surface area contributed by atoms with E-state index in [0.29, 0.717) is 0 Å². The number of aryl methyl sites for hydroxylation is 2. The van der Waals surface area contributed by atoms with Gasteiger partial charge in [0.1, 0.15) is 5.82 Å². The van der Waals surface area contributed by atoms with Crippen molar-refractivity contribution in [3.8, 4) is 0 Å². The Morgan fingerprint density at radius 1 is 1.29 bits per heavy atom. The number of hydrogen-bond acceptors (Lipinski definition) is 1. The fourth-order valence-corrected chi connectivity index (χ4v) is 3.45. The second kappa shape index (κ2) is 5.32. The molecule has 0 aliphatic heterocycles. The fourth-order valence-electron chi connectivity index (χ4n) is 1.80.